The summed E-state index contributed by atoms with van der Waals surface area (Å²) in [6.07, 6.45) is 2.21. The van der Waals surface area contributed by atoms with Crippen LogP contribution in [0.3, 0.4) is 0 Å². The highest BCUT2D eigenvalue weighted by Crippen LogP contribution is 2.31. The summed E-state index contributed by atoms with van der Waals surface area (Å²) in [5.74, 6) is 0.0805. The second-order valence-corrected chi connectivity index (χ2v) is 4.90. The van der Waals surface area contributed by atoms with Crippen molar-refractivity contribution in [2.24, 2.45) is 11.7 Å². The van der Waals surface area contributed by atoms with Gasteiger partial charge in [-0.3, -0.25) is 14.9 Å². The molecule has 1 aliphatic carbocycles. The van der Waals surface area contributed by atoms with Crippen molar-refractivity contribution in [1.82, 2.24) is 0 Å². The van der Waals surface area contributed by atoms with Crippen LogP contribution in [0.15, 0.2) is 18.2 Å². The fraction of sp³-hybridized carbons (Fsp3) is 0.462. The molecule has 1 amide bonds. The zero-order valence-electron chi connectivity index (χ0n) is 11.2. The molecule has 108 valence electrons. The molecule has 0 heterocycles. The second-order valence-electron chi connectivity index (χ2n) is 4.90. The molecule has 1 fully saturated rings. The van der Waals surface area contributed by atoms with Crippen LogP contribution in [0.4, 0.5) is 11.4 Å². The van der Waals surface area contributed by atoms with Crippen LogP contribution in [-0.2, 0) is 4.79 Å². The Morgan fingerprint density at radius 2 is 2.25 bits per heavy atom. The molecule has 20 heavy (non-hydrogen) atoms. The van der Waals surface area contributed by atoms with Gasteiger partial charge in [0.1, 0.15) is 5.75 Å². The number of hydrogen-bond donors (Lipinski definition) is 2. The standard InChI is InChI=1S/C13H17N3O4/c1-20-12-5-4-10(16(18)19)7-11(12)15-13(17)8-2-3-9(14)6-8/h4-5,7-9H,2-3,6,14H2,1H3,(H,15,17). The predicted molar refractivity (Wildman–Crippen MR) is 73.6 cm³/mol. The van der Waals surface area contributed by atoms with Crippen LogP contribution in [0.25, 0.3) is 0 Å². The van der Waals surface area contributed by atoms with Gasteiger partial charge in [-0.15, -0.1) is 0 Å². The summed E-state index contributed by atoms with van der Waals surface area (Å²) >= 11 is 0. The number of benzene rings is 1. The third-order valence-corrected chi connectivity index (χ3v) is 3.50. The highest BCUT2D eigenvalue weighted by molar-refractivity contribution is 5.94. The lowest BCUT2D eigenvalue weighted by Crippen LogP contribution is -2.23. The maximum absolute atomic E-state index is 12.1. The van der Waals surface area contributed by atoms with Crippen LogP contribution in [0, 0.1) is 16.0 Å². The van der Waals surface area contributed by atoms with Crippen molar-refractivity contribution in [3.63, 3.8) is 0 Å². The minimum Gasteiger partial charge on any atom is -0.495 e. The fourth-order valence-corrected chi connectivity index (χ4v) is 2.40. The van der Waals surface area contributed by atoms with Gasteiger partial charge in [-0.25, -0.2) is 0 Å². The number of hydrogen-bond acceptors (Lipinski definition) is 5. The molecule has 0 radical (unpaired) electrons. The van der Waals surface area contributed by atoms with Gasteiger partial charge in [0.15, 0.2) is 0 Å². The van der Waals surface area contributed by atoms with Gasteiger partial charge in [-0.2, -0.15) is 0 Å². The lowest BCUT2D eigenvalue weighted by molar-refractivity contribution is -0.384. The van der Waals surface area contributed by atoms with Crippen molar-refractivity contribution in [3.8, 4) is 5.75 Å². The van der Waals surface area contributed by atoms with E-state index in [-0.39, 0.29) is 23.6 Å². The van der Waals surface area contributed by atoms with E-state index in [0.29, 0.717) is 17.9 Å². The molecule has 0 bridgehead atoms. The number of nitro groups is 1. The quantitative estimate of drug-likeness (QED) is 0.644. The average molecular weight is 279 g/mol. The lowest BCUT2D eigenvalue weighted by Gasteiger charge is -2.13. The van der Waals surface area contributed by atoms with Gasteiger partial charge in [0, 0.05) is 24.1 Å². The van der Waals surface area contributed by atoms with Gasteiger partial charge in [-0.1, -0.05) is 0 Å². The van der Waals surface area contributed by atoms with E-state index in [1.165, 1.54) is 25.3 Å². The minimum atomic E-state index is -0.513. The van der Waals surface area contributed by atoms with Gasteiger partial charge < -0.3 is 15.8 Å². The molecule has 3 N–H and O–H groups in total. The molecule has 7 nitrogen and oxygen atoms in total. The number of carbonyl (C=O) groups is 1. The third-order valence-electron chi connectivity index (χ3n) is 3.50. The predicted octanol–water partition coefficient (Wildman–Crippen LogP) is 1.67. The molecule has 1 aliphatic rings. The number of rotatable bonds is 4. The number of nitrogens with two attached hydrogens (primary N) is 1. The Bertz CT molecular complexity index is 532. The number of nitro benzene ring substituents is 1. The van der Waals surface area contributed by atoms with E-state index in [9.17, 15) is 14.9 Å². The molecule has 2 atom stereocenters. The Morgan fingerprint density at radius 1 is 1.50 bits per heavy atom. The lowest BCUT2D eigenvalue weighted by atomic mass is 10.1. The highest BCUT2D eigenvalue weighted by Gasteiger charge is 2.28. The maximum atomic E-state index is 12.1. The van der Waals surface area contributed by atoms with Crippen LogP contribution < -0.4 is 15.8 Å². The average Bonchev–Trinajstić information content (AvgIpc) is 2.85. The second kappa shape index (κ2) is 5.87. The molecule has 2 rings (SSSR count). The van der Waals surface area contributed by atoms with E-state index in [2.05, 4.69) is 5.32 Å². The fourth-order valence-electron chi connectivity index (χ4n) is 2.40. The van der Waals surface area contributed by atoms with Gasteiger partial charge >= 0.3 is 0 Å². The smallest absolute Gasteiger partial charge is 0.271 e. The van der Waals surface area contributed by atoms with Crippen molar-refractivity contribution in [3.05, 3.63) is 28.3 Å². The van der Waals surface area contributed by atoms with Gasteiger partial charge in [0.05, 0.1) is 17.7 Å². The van der Waals surface area contributed by atoms with Gasteiger partial charge in [-0.05, 0) is 25.3 Å². The van der Waals surface area contributed by atoms with Crippen molar-refractivity contribution < 1.29 is 14.5 Å². The number of amides is 1. The van der Waals surface area contributed by atoms with Crippen molar-refractivity contribution in [1.29, 1.82) is 0 Å². The molecule has 0 spiro atoms. The molecule has 0 saturated heterocycles. The van der Waals surface area contributed by atoms with E-state index >= 15 is 0 Å². The van der Waals surface area contributed by atoms with Gasteiger partial charge in [0.2, 0.25) is 5.91 Å². The summed E-state index contributed by atoms with van der Waals surface area (Å²) < 4.78 is 5.10. The van der Waals surface area contributed by atoms with E-state index < -0.39 is 4.92 Å². The first kappa shape index (κ1) is 14.3. The van der Waals surface area contributed by atoms with Crippen LogP contribution >= 0.6 is 0 Å². The normalized spacial score (nSPS) is 21.5. The molecule has 2 unspecified atom stereocenters. The van der Waals surface area contributed by atoms with Crippen LogP contribution in [0.2, 0.25) is 0 Å². The Labute approximate surface area is 116 Å². The summed E-state index contributed by atoms with van der Waals surface area (Å²) in [5, 5.41) is 13.5. The summed E-state index contributed by atoms with van der Waals surface area (Å²) in [7, 11) is 1.45. The zero-order valence-corrected chi connectivity index (χ0v) is 11.2. The van der Waals surface area contributed by atoms with Gasteiger partial charge in [0.25, 0.3) is 5.69 Å². The maximum Gasteiger partial charge on any atom is 0.271 e. The van der Waals surface area contributed by atoms with Crippen molar-refractivity contribution in [2.45, 2.75) is 25.3 Å². The number of ether oxygens (including phenoxy) is 1. The van der Waals surface area contributed by atoms with E-state index in [1.807, 2.05) is 0 Å². The molecule has 1 saturated carbocycles. The monoisotopic (exact) mass is 279 g/mol. The third kappa shape index (κ3) is 3.05. The first-order chi connectivity index (χ1) is 9.51. The number of carbonyl (C=O) groups excluding carboxylic acids is 1. The number of nitrogens with zero attached hydrogens (tertiary/aromatic N) is 1. The number of anilines is 1. The molecule has 1 aromatic carbocycles. The number of nitrogens with one attached hydrogen (secondary N) is 1. The van der Waals surface area contributed by atoms with E-state index in [1.54, 1.807) is 0 Å². The van der Waals surface area contributed by atoms with Crippen LogP contribution in [0.1, 0.15) is 19.3 Å². The summed E-state index contributed by atoms with van der Waals surface area (Å²) in [6, 6.07) is 4.15. The topological polar surface area (TPSA) is 107 Å². The zero-order chi connectivity index (χ0) is 14.7. The molecule has 1 aromatic rings. The van der Waals surface area contributed by atoms with Crippen molar-refractivity contribution in [2.75, 3.05) is 12.4 Å². The summed E-state index contributed by atoms with van der Waals surface area (Å²) in [4.78, 5) is 22.4. The molecule has 7 heteroatoms. The summed E-state index contributed by atoms with van der Waals surface area (Å²) in [5.41, 5.74) is 6.00. The molecular formula is C13H17N3O4. The SMILES string of the molecule is COc1ccc([N+](=O)[O-])cc1NC(=O)C1CCC(N)C1. The van der Waals surface area contributed by atoms with E-state index in [4.69, 9.17) is 10.5 Å². The van der Waals surface area contributed by atoms with Crippen LogP contribution in [0.5, 0.6) is 5.75 Å². The minimum absolute atomic E-state index is 0.0535. The van der Waals surface area contributed by atoms with Crippen molar-refractivity contribution >= 4 is 17.3 Å². The van der Waals surface area contributed by atoms with Crippen LogP contribution in [-0.4, -0.2) is 24.0 Å². The Balaban J connectivity index is 2.16. The first-order valence-electron chi connectivity index (χ1n) is 6.40. The summed E-state index contributed by atoms with van der Waals surface area (Å²) in [6.45, 7) is 0. The first-order valence-corrected chi connectivity index (χ1v) is 6.40. The number of non-ortho nitro benzene ring substituents is 1. The molecule has 0 aromatic heterocycles. The molecule has 0 aliphatic heterocycles. The Hall–Kier alpha value is -2.15. The number of methoxy groups -OCH3 is 1. The Kier molecular flexibility index (Phi) is 4.19. The largest absolute Gasteiger partial charge is 0.495 e. The van der Waals surface area contributed by atoms with E-state index in [0.717, 1.165) is 12.8 Å². The Morgan fingerprint density at radius 3 is 2.80 bits per heavy atom. The molecular weight excluding hydrogens is 262 g/mol. The highest BCUT2D eigenvalue weighted by atomic mass is 16.6.